The highest BCUT2D eigenvalue weighted by Gasteiger charge is 2.07. The first-order valence-corrected chi connectivity index (χ1v) is 7.87. The molecular formula is C19H16N4O3. The number of hydrazone groups is 1. The molecule has 0 fully saturated rings. The number of hydrogen-bond donors (Lipinski definition) is 1. The van der Waals surface area contributed by atoms with E-state index in [9.17, 15) is 14.9 Å². The van der Waals surface area contributed by atoms with Gasteiger partial charge in [0.15, 0.2) is 0 Å². The van der Waals surface area contributed by atoms with E-state index < -0.39 is 4.92 Å². The predicted molar refractivity (Wildman–Crippen MR) is 98.7 cm³/mol. The number of carbonyl (C=O) groups is 1. The number of benzene rings is 2. The van der Waals surface area contributed by atoms with Crippen LogP contribution in [-0.2, 0) is 0 Å². The second-order valence-electron chi connectivity index (χ2n) is 5.65. The van der Waals surface area contributed by atoms with Gasteiger partial charge in [-0.25, -0.2) is 5.43 Å². The van der Waals surface area contributed by atoms with Gasteiger partial charge in [-0.1, -0.05) is 17.7 Å². The van der Waals surface area contributed by atoms with E-state index in [4.69, 9.17) is 0 Å². The lowest BCUT2D eigenvalue weighted by Crippen LogP contribution is -2.17. The molecule has 7 nitrogen and oxygen atoms in total. The third-order valence-electron chi connectivity index (χ3n) is 3.76. The summed E-state index contributed by atoms with van der Waals surface area (Å²) in [6.07, 6.45) is 3.33. The van der Waals surface area contributed by atoms with E-state index in [2.05, 4.69) is 10.5 Å². The molecule has 2 aromatic carbocycles. The highest BCUT2D eigenvalue weighted by atomic mass is 16.6. The molecule has 3 aromatic rings. The third kappa shape index (κ3) is 3.84. The van der Waals surface area contributed by atoms with Crippen molar-refractivity contribution >= 4 is 17.8 Å². The molecule has 1 N–H and O–H groups in total. The lowest BCUT2D eigenvalue weighted by molar-refractivity contribution is -0.384. The first-order valence-electron chi connectivity index (χ1n) is 7.87. The minimum atomic E-state index is -0.442. The Morgan fingerprint density at radius 2 is 1.92 bits per heavy atom. The average molecular weight is 348 g/mol. The summed E-state index contributed by atoms with van der Waals surface area (Å²) >= 11 is 0. The van der Waals surface area contributed by atoms with Gasteiger partial charge in [-0.2, -0.15) is 5.10 Å². The molecule has 0 saturated carbocycles. The molecule has 0 radical (unpaired) electrons. The molecule has 0 bridgehead atoms. The Labute approximate surface area is 149 Å². The Balaban J connectivity index is 1.73. The number of aryl methyl sites for hydroxylation is 1. The molecule has 0 aliphatic carbocycles. The van der Waals surface area contributed by atoms with E-state index in [0.29, 0.717) is 5.56 Å². The second kappa shape index (κ2) is 7.43. The Hall–Kier alpha value is -3.74. The summed E-state index contributed by atoms with van der Waals surface area (Å²) in [5.74, 6) is -0.293. The van der Waals surface area contributed by atoms with Crippen LogP contribution in [0.25, 0.3) is 5.69 Å². The summed E-state index contributed by atoms with van der Waals surface area (Å²) in [6, 6.07) is 17.1. The molecule has 130 valence electrons. The van der Waals surface area contributed by atoms with Gasteiger partial charge >= 0.3 is 0 Å². The van der Waals surface area contributed by atoms with Crippen LogP contribution >= 0.6 is 0 Å². The van der Waals surface area contributed by atoms with Crippen LogP contribution in [0, 0.1) is 17.0 Å². The fourth-order valence-electron chi connectivity index (χ4n) is 2.48. The summed E-state index contributed by atoms with van der Waals surface area (Å²) in [7, 11) is 0. The van der Waals surface area contributed by atoms with Crippen molar-refractivity contribution in [3.05, 3.63) is 93.8 Å². The number of nitrogens with one attached hydrogen (secondary N) is 1. The van der Waals surface area contributed by atoms with Crippen molar-refractivity contribution in [3.63, 3.8) is 0 Å². The van der Waals surface area contributed by atoms with Gasteiger partial charge < -0.3 is 4.57 Å². The zero-order valence-electron chi connectivity index (χ0n) is 14.0. The standard InChI is InChI=1S/C19H16N4O3/c1-14-4-2-5-15(12-14)19(24)21-20-13-18-6-3-11-22(18)16-7-9-17(10-8-16)23(25)26/h2-13H,1H3,(H,21,24). The first kappa shape index (κ1) is 17.1. The summed E-state index contributed by atoms with van der Waals surface area (Å²) in [4.78, 5) is 22.4. The van der Waals surface area contributed by atoms with Gasteiger partial charge in [0.1, 0.15) is 0 Å². The number of aromatic nitrogens is 1. The highest BCUT2D eigenvalue weighted by molar-refractivity contribution is 5.95. The highest BCUT2D eigenvalue weighted by Crippen LogP contribution is 2.16. The molecule has 0 aliphatic heterocycles. The molecule has 0 spiro atoms. The van der Waals surface area contributed by atoms with E-state index in [0.717, 1.165) is 16.9 Å². The van der Waals surface area contributed by atoms with Crippen LogP contribution in [0.4, 0.5) is 5.69 Å². The fraction of sp³-hybridized carbons (Fsp3) is 0.0526. The van der Waals surface area contributed by atoms with Gasteiger partial charge in [-0.3, -0.25) is 14.9 Å². The summed E-state index contributed by atoms with van der Waals surface area (Å²) in [5, 5.41) is 14.7. The lowest BCUT2D eigenvalue weighted by atomic mass is 10.1. The van der Waals surface area contributed by atoms with Gasteiger partial charge in [0.25, 0.3) is 11.6 Å². The molecule has 0 unspecified atom stereocenters. The van der Waals surface area contributed by atoms with Crippen LogP contribution in [0.2, 0.25) is 0 Å². The van der Waals surface area contributed by atoms with Crippen LogP contribution in [0.3, 0.4) is 0 Å². The molecule has 1 amide bonds. The smallest absolute Gasteiger partial charge is 0.271 e. The van der Waals surface area contributed by atoms with Gasteiger partial charge in [0, 0.05) is 29.6 Å². The van der Waals surface area contributed by atoms with Gasteiger partial charge in [0.2, 0.25) is 0 Å². The molecule has 7 heteroatoms. The van der Waals surface area contributed by atoms with Crippen molar-refractivity contribution in [2.45, 2.75) is 6.92 Å². The van der Waals surface area contributed by atoms with Crippen molar-refractivity contribution < 1.29 is 9.72 Å². The van der Waals surface area contributed by atoms with Gasteiger partial charge in [-0.05, 0) is 43.3 Å². The van der Waals surface area contributed by atoms with Crippen molar-refractivity contribution in [1.29, 1.82) is 0 Å². The number of non-ortho nitro benzene ring substituents is 1. The van der Waals surface area contributed by atoms with Crippen LogP contribution < -0.4 is 5.43 Å². The number of nitro benzene ring substituents is 1. The van der Waals surface area contributed by atoms with Crippen molar-refractivity contribution in [3.8, 4) is 5.69 Å². The number of nitro groups is 1. The zero-order chi connectivity index (χ0) is 18.5. The van der Waals surface area contributed by atoms with E-state index in [-0.39, 0.29) is 11.6 Å². The van der Waals surface area contributed by atoms with Crippen molar-refractivity contribution in [2.75, 3.05) is 0 Å². The van der Waals surface area contributed by atoms with Crippen LogP contribution in [0.1, 0.15) is 21.6 Å². The Morgan fingerprint density at radius 3 is 2.62 bits per heavy atom. The van der Waals surface area contributed by atoms with Gasteiger partial charge in [-0.15, -0.1) is 0 Å². The monoisotopic (exact) mass is 348 g/mol. The summed E-state index contributed by atoms with van der Waals surface area (Å²) < 4.78 is 1.81. The number of carbonyl (C=O) groups excluding carboxylic acids is 1. The fourth-order valence-corrected chi connectivity index (χ4v) is 2.48. The van der Waals surface area contributed by atoms with Gasteiger partial charge in [0.05, 0.1) is 16.8 Å². The molecule has 3 rings (SSSR count). The van der Waals surface area contributed by atoms with Crippen LogP contribution in [-0.4, -0.2) is 21.6 Å². The average Bonchev–Trinajstić information content (AvgIpc) is 3.10. The molecule has 0 aliphatic rings. The van der Waals surface area contributed by atoms with E-state index >= 15 is 0 Å². The van der Waals surface area contributed by atoms with Crippen LogP contribution in [0.5, 0.6) is 0 Å². The maximum atomic E-state index is 12.1. The number of hydrogen-bond acceptors (Lipinski definition) is 4. The lowest BCUT2D eigenvalue weighted by Gasteiger charge is -2.06. The minimum Gasteiger partial charge on any atom is -0.316 e. The van der Waals surface area contributed by atoms with E-state index in [1.165, 1.54) is 18.3 Å². The maximum Gasteiger partial charge on any atom is 0.271 e. The second-order valence-corrected chi connectivity index (χ2v) is 5.65. The van der Waals surface area contributed by atoms with E-state index in [1.807, 2.05) is 42.0 Å². The Morgan fingerprint density at radius 1 is 1.15 bits per heavy atom. The predicted octanol–water partition coefficient (Wildman–Crippen LogP) is 3.46. The molecule has 1 aromatic heterocycles. The Kier molecular flexibility index (Phi) is 4.89. The molecule has 1 heterocycles. The normalized spacial score (nSPS) is 10.8. The maximum absolute atomic E-state index is 12.1. The number of nitrogens with zero attached hydrogens (tertiary/aromatic N) is 3. The SMILES string of the molecule is Cc1cccc(C(=O)NN=Cc2cccn2-c2ccc([N+](=O)[O-])cc2)c1. The number of rotatable bonds is 5. The molecule has 26 heavy (non-hydrogen) atoms. The number of amides is 1. The quantitative estimate of drug-likeness (QED) is 0.435. The van der Waals surface area contributed by atoms with Crippen molar-refractivity contribution in [2.24, 2.45) is 5.10 Å². The topological polar surface area (TPSA) is 89.5 Å². The van der Waals surface area contributed by atoms with Crippen molar-refractivity contribution in [1.82, 2.24) is 9.99 Å². The molecule has 0 atom stereocenters. The third-order valence-corrected chi connectivity index (χ3v) is 3.76. The summed E-state index contributed by atoms with van der Waals surface area (Å²) in [5.41, 5.74) is 5.54. The molecule has 0 saturated heterocycles. The Bertz CT molecular complexity index is 974. The zero-order valence-corrected chi connectivity index (χ0v) is 14.0. The largest absolute Gasteiger partial charge is 0.316 e. The van der Waals surface area contributed by atoms with Crippen LogP contribution in [0.15, 0.2) is 72.0 Å². The summed E-state index contributed by atoms with van der Waals surface area (Å²) in [6.45, 7) is 1.91. The molecular weight excluding hydrogens is 332 g/mol. The van der Waals surface area contributed by atoms with E-state index in [1.54, 1.807) is 24.3 Å². The minimum absolute atomic E-state index is 0.0292. The first-order chi connectivity index (χ1) is 12.5.